The number of likely N-dealkylation sites (N-methyl/N-ethyl adjacent to an activating group) is 1. The molecule has 224 valence electrons. The molecule has 1 unspecified atom stereocenters. The first-order chi connectivity index (χ1) is 20.8. The van der Waals surface area contributed by atoms with E-state index < -0.39 is 17.8 Å². The van der Waals surface area contributed by atoms with Gasteiger partial charge in [0.05, 0.1) is 18.4 Å². The molecule has 2 aliphatic rings. The van der Waals surface area contributed by atoms with Gasteiger partial charge in [-0.05, 0) is 42.9 Å². The maximum atomic E-state index is 13.6. The van der Waals surface area contributed by atoms with Crippen LogP contribution in [0, 0.1) is 17.7 Å². The van der Waals surface area contributed by atoms with Crippen LogP contribution >= 0.6 is 0 Å². The minimum Gasteiger partial charge on any atom is -0.494 e. The van der Waals surface area contributed by atoms with Gasteiger partial charge in [-0.3, -0.25) is 39.9 Å². The van der Waals surface area contributed by atoms with Crippen LogP contribution < -0.4 is 20.3 Å². The van der Waals surface area contributed by atoms with Crippen molar-refractivity contribution in [3.63, 3.8) is 0 Å². The second kappa shape index (κ2) is 14.9. The standard InChI is InChI=1S/C21H24N6O2.C10H10FNO2/c1-22-20(21(29)25-16-28)5-3-17-2-4-18(24-14-17)15-26-10-12-27(13-11-26)19-6-8-23-9-7-19;1-12-5-6-3-4-7(14-2)9(11)8(6)10(12)13/h2,4,6-9,14,16,20,22H,10-13,15H2,1H3,(H,25,28,29);3-4H,5H2,1-2H3. The third-order valence-corrected chi connectivity index (χ3v) is 7.10. The molecule has 1 aromatic carbocycles. The molecule has 2 aromatic heterocycles. The number of ether oxygens (including phenoxy) is 1. The van der Waals surface area contributed by atoms with E-state index in [1.807, 2.05) is 36.7 Å². The van der Waals surface area contributed by atoms with Gasteiger partial charge in [0.1, 0.15) is 6.04 Å². The van der Waals surface area contributed by atoms with Crippen LogP contribution in [-0.4, -0.2) is 91.4 Å². The van der Waals surface area contributed by atoms with Gasteiger partial charge in [-0.25, -0.2) is 4.39 Å². The van der Waals surface area contributed by atoms with Gasteiger partial charge in [-0.1, -0.05) is 17.9 Å². The molecule has 0 aliphatic carbocycles. The van der Waals surface area contributed by atoms with Crippen molar-refractivity contribution in [1.82, 2.24) is 30.4 Å². The Hall–Kier alpha value is -4.86. The quantitative estimate of drug-likeness (QED) is 0.313. The highest BCUT2D eigenvalue weighted by Crippen LogP contribution is 2.29. The van der Waals surface area contributed by atoms with E-state index in [1.54, 1.807) is 32.4 Å². The SMILES string of the molecule is CNC(C#Cc1ccc(CN2CCN(c3ccncc3)CC2)nc1)C(=O)NC=O.COc1ccc2c(c1F)C(=O)N(C)C2. The zero-order valence-electron chi connectivity index (χ0n) is 24.3. The predicted octanol–water partition coefficient (Wildman–Crippen LogP) is 1.43. The summed E-state index contributed by atoms with van der Waals surface area (Å²) in [6.07, 6.45) is 5.70. The van der Waals surface area contributed by atoms with Crippen LogP contribution in [0.25, 0.3) is 0 Å². The second-order valence-corrected chi connectivity index (χ2v) is 9.90. The number of hydrogen-bond acceptors (Lipinski definition) is 9. The number of aromatic nitrogens is 2. The summed E-state index contributed by atoms with van der Waals surface area (Å²) in [7, 11) is 4.64. The van der Waals surface area contributed by atoms with Crippen molar-refractivity contribution in [3.05, 3.63) is 83.2 Å². The Morgan fingerprint density at radius 2 is 1.88 bits per heavy atom. The Balaban J connectivity index is 0.000000251. The van der Waals surface area contributed by atoms with Crippen molar-refractivity contribution in [3.8, 4) is 17.6 Å². The third-order valence-electron chi connectivity index (χ3n) is 7.10. The van der Waals surface area contributed by atoms with E-state index >= 15 is 0 Å². The first-order valence-corrected chi connectivity index (χ1v) is 13.7. The summed E-state index contributed by atoms with van der Waals surface area (Å²) in [5.41, 5.74) is 3.78. The first-order valence-electron chi connectivity index (χ1n) is 13.7. The van der Waals surface area contributed by atoms with E-state index in [-0.39, 0.29) is 17.2 Å². The monoisotopic (exact) mass is 587 g/mol. The van der Waals surface area contributed by atoms with Crippen molar-refractivity contribution < 1.29 is 23.5 Å². The van der Waals surface area contributed by atoms with Crippen LogP contribution in [0.15, 0.2) is 55.0 Å². The molecule has 0 saturated carbocycles. The molecule has 0 bridgehead atoms. The highest BCUT2D eigenvalue weighted by molar-refractivity contribution is 5.98. The lowest BCUT2D eigenvalue weighted by atomic mass is 10.1. The molecule has 3 aromatic rings. The highest BCUT2D eigenvalue weighted by Gasteiger charge is 2.29. The number of pyridine rings is 2. The molecule has 2 aliphatic heterocycles. The van der Waals surface area contributed by atoms with Gasteiger partial charge in [0.25, 0.3) is 11.8 Å². The minimum absolute atomic E-state index is 0.118. The van der Waals surface area contributed by atoms with Crippen LogP contribution in [0.2, 0.25) is 0 Å². The van der Waals surface area contributed by atoms with Crippen molar-refractivity contribution in [2.75, 3.05) is 52.3 Å². The van der Waals surface area contributed by atoms with Crippen molar-refractivity contribution in [1.29, 1.82) is 0 Å². The van der Waals surface area contributed by atoms with Gasteiger partial charge >= 0.3 is 0 Å². The number of nitrogens with one attached hydrogen (secondary N) is 2. The number of halogens is 1. The first kappa shape index (κ1) is 31.1. The number of nitrogens with zero attached hydrogens (tertiary/aromatic N) is 5. The number of fused-ring (bicyclic) bond motifs is 1. The summed E-state index contributed by atoms with van der Waals surface area (Å²) in [5, 5.41) is 4.85. The van der Waals surface area contributed by atoms with E-state index in [4.69, 9.17) is 4.74 Å². The lowest BCUT2D eigenvalue weighted by Gasteiger charge is -2.35. The highest BCUT2D eigenvalue weighted by atomic mass is 19.1. The number of rotatable bonds is 7. The predicted molar refractivity (Wildman–Crippen MR) is 159 cm³/mol. The maximum absolute atomic E-state index is 13.6. The van der Waals surface area contributed by atoms with Gasteiger partial charge in [0.2, 0.25) is 6.41 Å². The molecule has 0 spiro atoms. The summed E-state index contributed by atoms with van der Waals surface area (Å²) in [5.74, 6) is 4.51. The molecule has 0 radical (unpaired) electrons. The van der Waals surface area contributed by atoms with Crippen LogP contribution in [0.3, 0.4) is 0 Å². The Labute approximate surface area is 250 Å². The van der Waals surface area contributed by atoms with Crippen LogP contribution in [0.1, 0.15) is 27.2 Å². The van der Waals surface area contributed by atoms with Gasteiger partial charge in [-0.15, -0.1) is 0 Å². The van der Waals surface area contributed by atoms with E-state index in [0.29, 0.717) is 13.0 Å². The summed E-state index contributed by atoms with van der Waals surface area (Å²) in [6, 6.07) is 10.4. The molecule has 1 atom stereocenters. The molecule has 1 saturated heterocycles. The number of carbonyl (C=O) groups excluding carboxylic acids is 3. The fourth-order valence-electron chi connectivity index (χ4n) is 4.74. The Morgan fingerprint density at radius 3 is 2.51 bits per heavy atom. The Kier molecular flexibility index (Phi) is 10.7. The van der Waals surface area contributed by atoms with E-state index in [9.17, 15) is 18.8 Å². The zero-order chi connectivity index (χ0) is 30.8. The average molecular weight is 588 g/mol. The largest absolute Gasteiger partial charge is 0.494 e. The van der Waals surface area contributed by atoms with Crippen molar-refractivity contribution >= 4 is 23.9 Å². The van der Waals surface area contributed by atoms with Gasteiger partial charge in [0.15, 0.2) is 11.6 Å². The summed E-state index contributed by atoms with van der Waals surface area (Å²) in [6.45, 7) is 5.15. The number of piperazine rings is 1. The number of hydrogen-bond donors (Lipinski definition) is 2. The molecule has 4 heterocycles. The minimum atomic E-state index is -0.753. The fourth-order valence-corrected chi connectivity index (χ4v) is 4.74. The molecule has 1 fully saturated rings. The van der Waals surface area contributed by atoms with Crippen LogP contribution in [-0.2, 0) is 22.7 Å². The molecule has 2 N–H and O–H groups in total. The summed E-state index contributed by atoms with van der Waals surface area (Å²) in [4.78, 5) is 48.3. The van der Waals surface area contributed by atoms with Crippen LogP contribution in [0.5, 0.6) is 5.75 Å². The number of carbonyl (C=O) groups is 3. The van der Waals surface area contributed by atoms with Gasteiger partial charge in [0, 0.05) is 76.2 Å². The molecular weight excluding hydrogens is 553 g/mol. The van der Waals surface area contributed by atoms with E-state index in [1.165, 1.54) is 17.7 Å². The van der Waals surface area contributed by atoms with Crippen molar-refractivity contribution in [2.24, 2.45) is 0 Å². The molecular formula is C31H34FN7O4. The Bertz CT molecular complexity index is 1480. The molecule has 43 heavy (non-hydrogen) atoms. The van der Waals surface area contributed by atoms with Crippen LogP contribution in [0.4, 0.5) is 10.1 Å². The topological polar surface area (TPSA) is 120 Å². The Morgan fingerprint density at radius 1 is 1.14 bits per heavy atom. The number of methoxy groups -OCH3 is 1. The fraction of sp³-hybridized carbons (Fsp3) is 0.323. The second-order valence-electron chi connectivity index (χ2n) is 9.90. The molecule has 12 heteroatoms. The lowest BCUT2D eigenvalue weighted by molar-refractivity contribution is -0.125. The van der Waals surface area contributed by atoms with E-state index in [2.05, 4.69) is 42.2 Å². The van der Waals surface area contributed by atoms with E-state index in [0.717, 1.165) is 49.5 Å². The third kappa shape index (κ3) is 7.91. The summed E-state index contributed by atoms with van der Waals surface area (Å²) >= 11 is 0. The molecule has 11 nitrogen and oxygen atoms in total. The zero-order valence-corrected chi connectivity index (χ0v) is 24.3. The average Bonchev–Trinajstić information content (AvgIpc) is 3.33. The lowest BCUT2D eigenvalue weighted by Crippen LogP contribution is -2.46. The number of anilines is 1. The summed E-state index contributed by atoms with van der Waals surface area (Å²) < 4.78 is 18.4. The number of imide groups is 1. The van der Waals surface area contributed by atoms with Gasteiger partial charge in [-0.2, -0.15) is 0 Å². The number of amides is 3. The van der Waals surface area contributed by atoms with Crippen molar-refractivity contribution in [2.45, 2.75) is 19.1 Å². The normalized spacial score (nSPS) is 14.9. The molecule has 3 amide bonds. The maximum Gasteiger partial charge on any atom is 0.257 e. The number of benzene rings is 1. The van der Waals surface area contributed by atoms with Gasteiger partial charge < -0.3 is 14.5 Å². The molecule has 5 rings (SSSR count). The smallest absolute Gasteiger partial charge is 0.257 e.